The maximum absolute atomic E-state index is 13.0. The maximum Gasteiger partial charge on any atom is 0.418 e. The molecular weight excluding hydrogens is 311 g/mol. The number of nitrogens with zero attached hydrogens (tertiary/aromatic N) is 3. The van der Waals surface area contributed by atoms with Crippen LogP contribution in [0.1, 0.15) is 22.5 Å². The van der Waals surface area contributed by atoms with E-state index in [1.807, 2.05) is 11.9 Å². The number of amides is 1. The Hall–Kier alpha value is -1.67. The van der Waals surface area contributed by atoms with Crippen molar-refractivity contribution in [1.29, 1.82) is 0 Å². The number of ether oxygens (including phenoxy) is 1. The topological polar surface area (TPSA) is 45.7 Å². The van der Waals surface area contributed by atoms with E-state index < -0.39 is 23.3 Å². The van der Waals surface area contributed by atoms with Crippen molar-refractivity contribution < 1.29 is 22.7 Å². The molecule has 1 fully saturated rings. The second-order valence-electron chi connectivity index (χ2n) is 5.77. The Morgan fingerprint density at radius 2 is 2.22 bits per heavy atom. The fraction of sp³-hybridized carbons (Fsp3) is 0.600. The van der Waals surface area contributed by atoms with E-state index in [0.29, 0.717) is 6.54 Å². The van der Waals surface area contributed by atoms with Crippen LogP contribution in [0.3, 0.4) is 0 Å². The van der Waals surface area contributed by atoms with Crippen molar-refractivity contribution in [3.8, 4) is 0 Å². The van der Waals surface area contributed by atoms with E-state index in [4.69, 9.17) is 4.74 Å². The number of rotatable bonds is 4. The summed E-state index contributed by atoms with van der Waals surface area (Å²) in [5.74, 6) is -0.729. The average molecular weight is 331 g/mol. The Labute approximate surface area is 133 Å². The van der Waals surface area contributed by atoms with Gasteiger partial charge in [-0.05, 0) is 25.6 Å². The van der Waals surface area contributed by atoms with E-state index in [2.05, 4.69) is 4.98 Å². The summed E-state index contributed by atoms with van der Waals surface area (Å²) < 4.78 is 44.3. The zero-order valence-corrected chi connectivity index (χ0v) is 13.3. The molecule has 1 aliphatic heterocycles. The standard InChI is InChI=1S/C15H20F3N3O2/c1-20-9-11(23-3)7-10(20)8-21(2)14(22)13-12(15(16,17)18)5-4-6-19-13/h4-6,10-11H,7-9H2,1-3H3/t10-,11-/m0/s1. The number of pyridine rings is 1. The van der Waals surface area contributed by atoms with Gasteiger partial charge in [0.1, 0.15) is 5.69 Å². The van der Waals surface area contributed by atoms with Gasteiger partial charge in [-0.15, -0.1) is 0 Å². The lowest BCUT2D eigenvalue weighted by Crippen LogP contribution is -2.40. The number of hydrogen-bond donors (Lipinski definition) is 0. The molecule has 128 valence electrons. The number of carbonyl (C=O) groups is 1. The van der Waals surface area contributed by atoms with Gasteiger partial charge in [0.05, 0.1) is 11.7 Å². The molecule has 2 heterocycles. The van der Waals surface area contributed by atoms with E-state index >= 15 is 0 Å². The van der Waals surface area contributed by atoms with Crippen LogP contribution in [0.25, 0.3) is 0 Å². The van der Waals surface area contributed by atoms with Crippen molar-refractivity contribution in [3.05, 3.63) is 29.6 Å². The molecule has 0 radical (unpaired) electrons. The van der Waals surface area contributed by atoms with Crippen LogP contribution in [-0.2, 0) is 10.9 Å². The van der Waals surface area contributed by atoms with Gasteiger partial charge in [0.15, 0.2) is 0 Å². The zero-order valence-electron chi connectivity index (χ0n) is 13.3. The molecule has 0 unspecified atom stereocenters. The van der Waals surface area contributed by atoms with Crippen molar-refractivity contribution >= 4 is 5.91 Å². The lowest BCUT2D eigenvalue weighted by molar-refractivity contribution is -0.138. The molecule has 0 aliphatic carbocycles. The van der Waals surface area contributed by atoms with Crippen molar-refractivity contribution in [2.24, 2.45) is 0 Å². The fourth-order valence-electron chi connectivity index (χ4n) is 2.80. The Morgan fingerprint density at radius 1 is 1.52 bits per heavy atom. The van der Waals surface area contributed by atoms with Gasteiger partial charge in [-0.3, -0.25) is 14.7 Å². The third kappa shape index (κ3) is 4.00. The summed E-state index contributed by atoms with van der Waals surface area (Å²) in [6.07, 6.45) is -2.60. The van der Waals surface area contributed by atoms with E-state index in [9.17, 15) is 18.0 Å². The van der Waals surface area contributed by atoms with Crippen LogP contribution < -0.4 is 0 Å². The number of halogens is 3. The first-order valence-corrected chi connectivity index (χ1v) is 7.24. The molecule has 1 aromatic rings. The molecular formula is C15H20F3N3O2. The molecule has 0 bridgehead atoms. The van der Waals surface area contributed by atoms with Crippen LogP contribution in [0.5, 0.6) is 0 Å². The van der Waals surface area contributed by atoms with Crippen LogP contribution in [-0.4, -0.2) is 67.1 Å². The van der Waals surface area contributed by atoms with Crippen LogP contribution in [0.15, 0.2) is 18.3 Å². The minimum Gasteiger partial charge on any atom is -0.380 e. The SMILES string of the molecule is CO[C@H]1C[C@@H](CN(C)C(=O)c2ncccc2C(F)(F)F)N(C)C1. The van der Waals surface area contributed by atoms with Gasteiger partial charge in [0, 0.05) is 39.5 Å². The van der Waals surface area contributed by atoms with Gasteiger partial charge < -0.3 is 9.64 Å². The van der Waals surface area contributed by atoms with Gasteiger partial charge in [0.2, 0.25) is 0 Å². The second-order valence-corrected chi connectivity index (χ2v) is 5.77. The normalized spacial score (nSPS) is 22.3. The van der Waals surface area contributed by atoms with E-state index in [1.165, 1.54) is 24.2 Å². The van der Waals surface area contributed by atoms with Gasteiger partial charge in [-0.1, -0.05) is 0 Å². The molecule has 2 rings (SSSR count). The lowest BCUT2D eigenvalue weighted by atomic mass is 10.1. The maximum atomic E-state index is 13.0. The highest BCUT2D eigenvalue weighted by Crippen LogP contribution is 2.31. The summed E-state index contributed by atoms with van der Waals surface area (Å²) in [5, 5.41) is 0. The number of aromatic nitrogens is 1. The van der Waals surface area contributed by atoms with Crippen LogP contribution in [0.2, 0.25) is 0 Å². The quantitative estimate of drug-likeness (QED) is 0.845. The third-order valence-corrected chi connectivity index (χ3v) is 4.13. The fourth-order valence-corrected chi connectivity index (χ4v) is 2.80. The summed E-state index contributed by atoms with van der Waals surface area (Å²) >= 11 is 0. The molecule has 1 aromatic heterocycles. The minimum absolute atomic E-state index is 0.0481. The van der Waals surface area contributed by atoms with Gasteiger partial charge in [-0.2, -0.15) is 13.2 Å². The summed E-state index contributed by atoms with van der Waals surface area (Å²) in [7, 11) is 5.02. The largest absolute Gasteiger partial charge is 0.418 e. The lowest BCUT2D eigenvalue weighted by Gasteiger charge is -2.26. The number of hydrogen-bond acceptors (Lipinski definition) is 4. The molecule has 2 atom stereocenters. The first kappa shape index (κ1) is 17.7. The monoisotopic (exact) mass is 331 g/mol. The minimum atomic E-state index is -4.61. The first-order chi connectivity index (χ1) is 10.7. The number of alkyl halides is 3. The Kier molecular flexibility index (Phi) is 5.26. The number of carbonyl (C=O) groups excluding carboxylic acids is 1. The third-order valence-electron chi connectivity index (χ3n) is 4.13. The Balaban J connectivity index is 2.12. The smallest absolute Gasteiger partial charge is 0.380 e. The van der Waals surface area contributed by atoms with E-state index in [-0.39, 0.29) is 12.1 Å². The summed E-state index contributed by atoms with van der Waals surface area (Å²) in [5.41, 5.74) is -1.57. The van der Waals surface area contributed by atoms with Gasteiger partial charge in [0.25, 0.3) is 5.91 Å². The van der Waals surface area contributed by atoms with Crippen LogP contribution in [0, 0.1) is 0 Å². The molecule has 0 N–H and O–H groups in total. The molecule has 0 aromatic carbocycles. The van der Waals surface area contributed by atoms with Crippen LogP contribution >= 0.6 is 0 Å². The van der Waals surface area contributed by atoms with Gasteiger partial charge in [-0.25, -0.2) is 0 Å². The average Bonchev–Trinajstić information content (AvgIpc) is 2.86. The molecule has 23 heavy (non-hydrogen) atoms. The number of likely N-dealkylation sites (N-methyl/N-ethyl adjacent to an activating group) is 2. The molecule has 0 saturated carbocycles. The van der Waals surface area contributed by atoms with E-state index in [0.717, 1.165) is 19.0 Å². The highest BCUT2D eigenvalue weighted by atomic mass is 19.4. The van der Waals surface area contributed by atoms with Crippen LogP contribution in [0.4, 0.5) is 13.2 Å². The molecule has 5 nitrogen and oxygen atoms in total. The highest BCUT2D eigenvalue weighted by Gasteiger charge is 2.37. The zero-order chi connectivity index (χ0) is 17.2. The summed E-state index contributed by atoms with van der Waals surface area (Å²) in [4.78, 5) is 19.3. The van der Waals surface area contributed by atoms with Gasteiger partial charge >= 0.3 is 6.18 Å². The highest BCUT2D eigenvalue weighted by molar-refractivity contribution is 5.93. The second kappa shape index (κ2) is 6.84. The predicted octanol–water partition coefficient (Wildman–Crippen LogP) is 1.89. The Morgan fingerprint density at radius 3 is 2.78 bits per heavy atom. The van der Waals surface area contributed by atoms with Crippen molar-refractivity contribution in [2.45, 2.75) is 24.7 Å². The molecule has 0 spiro atoms. The first-order valence-electron chi connectivity index (χ1n) is 7.24. The molecule has 1 aliphatic rings. The van der Waals surface area contributed by atoms with Crippen molar-refractivity contribution in [1.82, 2.24) is 14.8 Å². The number of likely N-dealkylation sites (tertiary alicyclic amines) is 1. The summed E-state index contributed by atoms with van der Waals surface area (Å²) in [6.45, 7) is 1.06. The molecule has 1 amide bonds. The Bertz CT molecular complexity index is 565. The van der Waals surface area contributed by atoms with Crippen molar-refractivity contribution in [3.63, 3.8) is 0 Å². The number of methoxy groups -OCH3 is 1. The predicted molar refractivity (Wildman–Crippen MR) is 78.0 cm³/mol. The van der Waals surface area contributed by atoms with Crippen molar-refractivity contribution in [2.75, 3.05) is 34.3 Å². The van der Waals surface area contributed by atoms with E-state index in [1.54, 1.807) is 7.11 Å². The molecule has 8 heteroatoms. The summed E-state index contributed by atoms with van der Waals surface area (Å²) in [6, 6.07) is 2.09. The molecule has 1 saturated heterocycles.